The molecule has 0 aliphatic carbocycles. The minimum absolute atomic E-state index is 0.0802. The molecule has 0 saturated carbocycles. The summed E-state index contributed by atoms with van der Waals surface area (Å²) in [5.41, 5.74) is 2.02. The van der Waals surface area contributed by atoms with E-state index in [2.05, 4.69) is 6.07 Å². The summed E-state index contributed by atoms with van der Waals surface area (Å²) in [6.45, 7) is 3.94. The van der Waals surface area contributed by atoms with E-state index in [-0.39, 0.29) is 23.9 Å². The largest absolute Gasteiger partial charge is 0.483 e. The van der Waals surface area contributed by atoms with Crippen LogP contribution in [0.3, 0.4) is 0 Å². The number of pyridine rings is 1. The molecular weight excluding hydrogens is 388 g/mol. The van der Waals surface area contributed by atoms with Crippen molar-refractivity contribution in [2.75, 3.05) is 13.1 Å². The van der Waals surface area contributed by atoms with E-state index in [1.54, 1.807) is 17.4 Å². The maximum absolute atomic E-state index is 13.4. The van der Waals surface area contributed by atoms with Crippen molar-refractivity contribution in [3.8, 4) is 0 Å². The topological polar surface area (TPSA) is 79.6 Å². The highest BCUT2D eigenvalue weighted by molar-refractivity contribution is 7.19. The van der Waals surface area contributed by atoms with Gasteiger partial charge in [-0.25, -0.2) is 0 Å². The fraction of sp³-hybridized carbons (Fsp3) is 0.318. The molecule has 2 aromatic heterocycles. The molecule has 1 amide bonds. The van der Waals surface area contributed by atoms with E-state index in [1.807, 2.05) is 46.7 Å². The van der Waals surface area contributed by atoms with Crippen LogP contribution in [0.4, 0.5) is 0 Å². The van der Waals surface area contributed by atoms with Crippen LogP contribution in [0.5, 0.6) is 0 Å². The SMILES string of the molecule is Cc1sc2ccccc2c1C(=O)N1C[C@@H]2C[C@H](C1)c1cccc(=O)n1C2.O=CO. The summed E-state index contributed by atoms with van der Waals surface area (Å²) in [6.07, 6.45) is 1.07. The number of rotatable bonds is 1. The number of amides is 1. The van der Waals surface area contributed by atoms with Crippen LogP contribution < -0.4 is 5.56 Å². The van der Waals surface area contributed by atoms with E-state index >= 15 is 0 Å². The van der Waals surface area contributed by atoms with Crippen LogP contribution in [-0.4, -0.2) is 40.0 Å². The third kappa shape index (κ3) is 3.46. The lowest BCUT2D eigenvalue weighted by Gasteiger charge is -2.42. The molecule has 150 valence electrons. The fourth-order valence-corrected chi connectivity index (χ4v) is 5.71. The predicted molar refractivity (Wildman–Crippen MR) is 113 cm³/mol. The van der Waals surface area contributed by atoms with Crippen LogP contribution in [0, 0.1) is 12.8 Å². The fourth-order valence-electron chi connectivity index (χ4n) is 4.65. The molecule has 2 aliphatic heterocycles. The smallest absolute Gasteiger partial charge is 0.290 e. The van der Waals surface area contributed by atoms with Gasteiger partial charge in [0.25, 0.3) is 17.9 Å². The Morgan fingerprint density at radius 1 is 1.14 bits per heavy atom. The van der Waals surface area contributed by atoms with Gasteiger partial charge in [0.1, 0.15) is 0 Å². The Bertz CT molecular complexity index is 1130. The zero-order chi connectivity index (χ0) is 20.5. The molecule has 6 nitrogen and oxygen atoms in total. The Labute approximate surface area is 172 Å². The molecule has 29 heavy (non-hydrogen) atoms. The predicted octanol–water partition coefficient (Wildman–Crippen LogP) is 3.33. The molecule has 2 bridgehead atoms. The molecule has 2 aliphatic rings. The van der Waals surface area contributed by atoms with Crippen LogP contribution in [0.2, 0.25) is 0 Å². The lowest BCUT2D eigenvalue weighted by Crippen LogP contribution is -2.49. The third-order valence-corrected chi connectivity index (χ3v) is 6.84. The molecule has 4 heterocycles. The van der Waals surface area contributed by atoms with E-state index < -0.39 is 0 Å². The quantitative estimate of drug-likeness (QED) is 0.624. The zero-order valence-electron chi connectivity index (χ0n) is 16.1. The van der Waals surface area contributed by atoms with Crippen molar-refractivity contribution < 1.29 is 14.7 Å². The Kier molecular flexibility index (Phi) is 5.24. The second-order valence-corrected chi connectivity index (χ2v) is 8.80. The average molecular weight is 410 g/mol. The molecule has 3 aromatic rings. The summed E-state index contributed by atoms with van der Waals surface area (Å²) in [7, 11) is 0. The van der Waals surface area contributed by atoms with Crippen molar-refractivity contribution in [3.05, 3.63) is 69.0 Å². The van der Waals surface area contributed by atoms with Gasteiger partial charge < -0.3 is 14.6 Å². The highest BCUT2D eigenvalue weighted by atomic mass is 32.1. The first-order chi connectivity index (χ1) is 14.0. The number of thiophene rings is 1. The number of hydrogen-bond donors (Lipinski definition) is 1. The zero-order valence-corrected chi connectivity index (χ0v) is 16.9. The van der Waals surface area contributed by atoms with Crippen LogP contribution >= 0.6 is 11.3 Å². The van der Waals surface area contributed by atoms with Crippen molar-refractivity contribution in [2.45, 2.75) is 25.8 Å². The van der Waals surface area contributed by atoms with E-state index in [0.717, 1.165) is 41.0 Å². The summed E-state index contributed by atoms with van der Waals surface area (Å²) in [5, 5.41) is 7.95. The maximum Gasteiger partial charge on any atom is 0.290 e. The summed E-state index contributed by atoms with van der Waals surface area (Å²) >= 11 is 1.69. The Hall–Kier alpha value is -2.93. The molecule has 1 aromatic carbocycles. The minimum Gasteiger partial charge on any atom is -0.483 e. The van der Waals surface area contributed by atoms with Crippen LogP contribution in [-0.2, 0) is 11.3 Å². The van der Waals surface area contributed by atoms with Crippen LogP contribution in [0.1, 0.15) is 33.3 Å². The van der Waals surface area contributed by atoms with Crippen molar-refractivity contribution in [2.24, 2.45) is 5.92 Å². The van der Waals surface area contributed by atoms with Gasteiger partial charge in [-0.05, 0) is 31.4 Å². The van der Waals surface area contributed by atoms with Crippen molar-refractivity contribution in [1.82, 2.24) is 9.47 Å². The van der Waals surface area contributed by atoms with Gasteiger partial charge in [-0.3, -0.25) is 14.4 Å². The van der Waals surface area contributed by atoms with Gasteiger partial charge in [0.15, 0.2) is 0 Å². The Morgan fingerprint density at radius 2 is 1.90 bits per heavy atom. The van der Waals surface area contributed by atoms with Crippen LogP contribution in [0.15, 0.2) is 47.3 Å². The van der Waals surface area contributed by atoms with Gasteiger partial charge in [0, 0.05) is 52.3 Å². The lowest BCUT2D eigenvalue weighted by atomic mass is 9.83. The van der Waals surface area contributed by atoms with Crippen LogP contribution in [0.25, 0.3) is 10.1 Å². The van der Waals surface area contributed by atoms with E-state index in [9.17, 15) is 9.59 Å². The maximum atomic E-state index is 13.4. The van der Waals surface area contributed by atoms with Gasteiger partial charge in [-0.15, -0.1) is 11.3 Å². The number of carbonyl (C=O) groups excluding carboxylic acids is 1. The van der Waals surface area contributed by atoms with Gasteiger partial charge in [0.05, 0.1) is 5.56 Å². The number of piperidine rings is 1. The number of aromatic nitrogens is 1. The number of fused-ring (bicyclic) bond motifs is 5. The molecule has 0 radical (unpaired) electrons. The third-order valence-electron chi connectivity index (χ3n) is 5.75. The highest BCUT2D eigenvalue weighted by Crippen LogP contribution is 2.37. The van der Waals surface area contributed by atoms with E-state index in [4.69, 9.17) is 9.90 Å². The molecule has 1 N–H and O–H groups in total. The first-order valence-electron chi connectivity index (χ1n) is 9.58. The molecule has 0 spiro atoms. The summed E-state index contributed by atoms with van der Waals surface area (Å²) < 4.78 is 3.08. The lowest BCUT2D eigenvalue weighted by molar-refractivity contribution is -0.122. The molecule has 0 unspecified atom stereocenters. The summed E-state index contributed by atoms with van der Waals surface area (Å²) in [6, 6.07) is 13.7. The van der Waals surface area contributed by atoms with Gasteiger partial charge in [0.2, 0.25) is 0 Å². The molecule has 1 saturated heterocycles. The van der Waals surface area contributed by atoms with Crippen molar-refractivity contribution in [1.29, 1.82) is 0 Å². The Morgan fingerprint density at radius 3 is 2.69 bits per heavy atom. The number of hydrogen-bond acceptors (Lipinski definition) is 4. The van der Waals surface area contributed by atoms with Gasteiger partial charge >= 0.3 is 0 Å². The van der Waals surface area contributed by atoms with Crippen molar-refractivity contribution in [3.63, 3.8) is 0 Å². The Balaban J connectivity index is 0.000000645. The number of carbonyl (C=O) groups is 2. The molecular formula is C22H22N2O4S. The van der Waals surface area contributed by atoms with E-state index in [1.165, 1.54) is 4.70 Å². The number of carboxylic acid groups (broad SMARTS) is 1. The standard InChI is InChI=1S/C21H20N2O2S.CH2O2/c1-13-20(16-5-2-3-7-18(16)26-13)21(25)22-10-14-9-15(12-22)17-6-4-8-19(24)23(17)11-14;2-1-3/h2-8,14-15H,9-12H2,1H3;1H,(H,2,3)/t14-,15+;/m0./s1. The van der Waals surface area contributed by atoms with E-state index in [0.29, 0.717) is 12.5 Å². The number of aryl methyl sites for hydroxylation is 1. The number of benzene rings is 1. The normalized spacial score (nSPS) is 19.8. The highest BCUT2D eigenvalue weighted by Gasteiger charge is 2.37. The molecule has 7 heteroatoms. The monoisotopic (exact) mass is 410 g/mol. The molecule has 1 fully saturated rings. The molecule has 2 atom stereocenters. The minimum atomic E-state index is -0.250. The second-order valence-electron chi connectivity index (χ2n) is 7.54. The molecule has 5 rings (SSSR count). The van der Waals surface area contributed by atoms with Crippen molar-refractivity contribution >= 4 is 33.8 Å². The summed E-state index contributed by atoms with van der Waals surface area (Å²) in [5.74, 6) is 0.752. The second kappa shape index (κ2) is 7.83. The number of nitrogens with zero attached hydrogens (tertiary/aromatic N) is 2. The van der Waals surface area contributed by atoms with Gasteiger partial charge in [-0.1, -0.05) is 24.3 Å². The van der Waals surface area contributed by atoms with Gasteiger partial charge in [-0.2, -0.15) is 0 Å². The summed E-state index contributed by atoms with van der Waals surface area (Å²) in [4.78, 5) is 37.0. The first-order valence-corrected chi connectivity index (χ1v) is 10.4. The number of likely N-dealkylation sites (tertiary alicyclic amines) is 1. The average Bonchev–Trinajstić information content (AvgIpc) is 3.04. The first kappa shape index (κ1) is 19.4.